The molecule has 26 heavy (non-hydrogen) atoms. The SMILES string of the molecule is CC(C)(C)OC(=O)N1CC[C@@H](c2ccc(F)cc2)[C@@H](COS(C)(=O)=O)C1. The summed E-state index contributed by atoms with van der Waals surface area (Å²) in [5.74, 6) is -0.601. The zero-order valence-corrected chi connectivity index (χ0v) is 16.4. The van der Waals surface area contributed by atoms with E-state index in [1.807, 2.05) is 0 Å². The van der Waals surface area contributed by atoms with Crippen LogP contribution in [-0.2, 0) is 19.0 Å². The van der Waals surface area contributed by atoms with Crippen LogP contribution in [-0.4, -0.2) is 51.0 Å². The highest BCUT2D eigenvalue weighted by molar-refractivity contribution is 7.85. The average molecular weight is 387 g/mol. The van der Waals surface area contributed by atoms with Gasteiger partial charge in [0.1, 0.15) is 11.4 Å². The van der Waals surface area contributed by atoms with E-state index in [1.165, 1.54) is 12.1 Å². The normalized spacial score (nSPS) is 21.5. The molecule has 1 aromatic rings. The molecule has 0 spiro atoms. The van der Waals surface area contributed by atoms with Gasteiger partial charge in [-0.15, -0.1) is 0 Å². The second-order valence-electron chi connectivity index (χ2n) is 7.62. The first-order valence-electron chi connectivity index (χ1n) is 8.52. The summed E-state index contributed by atoms with van der Waals surface area (Å²) in [6.45, 7) is 6.13. The molecule has 1 heterocycles. The molecule has 0 unspecified atom stereocenters. The van der Waals surface area contributed by atoms with Crippen LogP contribution in [0.3, 0.4) is 0 Å². The topological polar surface area (TPSA) is 72.9 Å². The molecule has 1 aliphatic heterocycles. The first-order chi connectivity index (χ1) is 11.9. The summed E-state index contributed by atoms with van der Waals surface area (Å²) in [5, 5.41) is 0. The maximum Gasteiger partial charge on any atom is 0.410 e. The molecular weight excluding hydrogens is 361 g/mol. The largest absolute Gasteiger partial charge is 0.444 e. The summed E-state index contributed by atoms with van der Waals surface area (Å²) in [4.78, 5) is 13.9. The van der Waals surface area contributed by atoms with Gasteiger partial charge in [-0.2, -0.15) is 8.42 Å². The molecule has 0 aromatic heterocycles. The van der Waals surface area contributed by atoms with Crippen LogP contribution in [0.4, 0.5) is 9.18 Å². The van der Waals surface area contributed by atoms with Crippen molar-refractivity contribution >= 4 is 16.2 Å². The number of nitrogens with zero attached hydrogens (tertiary/aromatic N) is 1. The van der Waals surface area contributed by atoms with Gasteiger partial charge in [0.05, 0.1) is 12.9 Å². The summed E-state index contributed by atoms with van der Waals surface area (Å²) in [7, 11) is -3.60. The first kappa shape index (κ1) is 20.6. The van der Waals surface area contributed by atoms with Gasteiger partial charge in [0, 0.05) is 19.0 Å². The number of piperidine rings is 1. The van der Waals surface area contributed by atoms with Crippen LogP contribution in [0, 0.1) is 11.7 Å². The monoisotopic (exact) mass is 387 g/mol. The van der Waals surface area contributed by atoms with Crippen molar-refractivity contribution in [3.8, 4) is 0 Å². The van der Waals surface area contributed by atoms with Crippen molar-refractivity contribution in [2.24, 2.45) is 5.92 Å². The highest BCUT2D eigenvalue weighted by atomic mass is 32.2. The molecule has 0 radical (unpaired) electrons. The highest BCUT2D eigenvalue weighted by Crippen LogP contribution is 2.34. The zero-order valence-electron chi connectivity index (χ0n) is 15.6. The number of halogens is 1. The zero-order chi connectivity index (χ0) is 19.5. The number of benzene rings is 1. The lowest BCUT2D eigenvalue weighted by Gasteiger charge is -2.39. The number of rotatable bonds is 4. The van der Waals surface area contributed by atoms with Crippen LogP contribution < -0.4 is 0 Å². The molecule has 0 bridgehead atoms. The summed E-state index contributed by atoms with van der Waals surface area (Å²) >= 11 is 0. The van der Waals surface area contributed by atoms with Crippen molar-refractivity contribution in [1.82, 2.24) is 4.90 Å². The molecule has 0 N–H and O–H groups in total. The van der Waals surface area contributed by atoms with E-state index >= 15 is 0 Å². The van der Waals surface area contributed by atoms with E-state index in [9.17, 15) is 17.6 Å². The van der Waals surface area contributed by atoms with Gasteiger partial charge in [0.25, 0.3) is 10.1 Å². The maximum absolute atomic E-state index is 13.2. The molecule has 1 saturated heterocycles. The molecule has 1 aliphatic rings. The van der Waals surface area contributed by atoms with Crippen LogP contribution in [0.15, 0.2) is 24.3 Å². The number of hydrogen-bond donors (Lipinski definition) is 0. The predicted octanol–water partition coefficient (Wildman–Crippen LogP) is 3.14. The molecule has 1 fully saturated rings. The number of carbonyl (C=O) groups excluding carboxylic acids is 1. The maximum atomic E-state index is 13.2. The lowest BCUT2D eigenvalue weighted by molar-refractivity contribution is 0.0114. The van der Waals surface area contributed by atoms with E-state index in [0.29, 0.717) is 19.5 Å². The van der Waals surface area contributed by atoms with Gasteiger partial charge in [-0.25, -0.2) is 9.18 Å². The summed E-state index contributed by atoms with van der Waals surface area (Å²) < 4.78 is 46.4. The van der Waals surface area contributed by atoms with Crippen LogP contribution in [0.2, 0.25) is 0 Å². The Morgan fingerprint density at radius 1 is 1.27 bits per heavy atom. The van der Waals surface area contributed by atoms with Gasteiger partial charge in [-0.3, -0.25) is 4.18 Å². The fourth-order valence-electron chi connectivity index (χ4n) is 3.05. The highest BCUT2D eigenvalue weighted by Gasteiger charge is 2.35. The molecule has 0 aliphatic carbocycles. The first-order valence-corrected chi connectivity index (χ1v) is 10.3. The number of ether oxygens (including phenoxy) is 1. The third kappa shape index (κ3) is 6.25. The van der Waals surface area contributed by atoms with Gasteiger partial charge >= 0.3 is 6.09 Å². The number of likely N-dealkylation sites (tertiary alicyclic amines) is 1. The molecule has 1 amide bonds. The Labute approximate surface area is 154 Å². The van der Waals surface area contributed by atoms with Crippen molar-refractivity contribution < 1.29 is 26.5 Å². The minimum atomic E-state index is -3.60. The van der Waals surface area contributed by atoms with Crippen LogP contribution in [0.5, 0.6) is 0 Å². The molecule has 8 heteroatoms. The van der Waals surface area contributed by atoms with Gasteiger partial charge in [-0.1, -0.05) is 12.1 Å². The number of amides is 1. The average Bonchev–Trinajstić information content (AvgIpc) is 2.51. The molecule has 1 aromatic carbocycles. The Bertz CT molecular complexity index is 727. The molecule has 2 rings (SSSR count). The molecular formula is C18H26FNO5S. The van der Waals surface area contributed by atoms with Gasteiger partial charge < -0.3 is 9.64 Å². The fourth-order valence-corrected chi connectivity index (χ4v) is 3.48. The van der Waals surface area contributed by atoms with Crippen molar-refractivity contribution in [2.45, 2.75) is 38.7 Å². The molecule has 146 valence electrons. The molecule has 6 nitrogen and oxygen atoms in total. The lowest BCUT2D eigenvalue weighted by Crippen LogP contribution is -2.46. The smallest absolute Gasteiger partial charge is 0.410 e. The predicted molar refractivity (Wildman–Crippen MR) is 95.9 cm³/mol. The van der Waals surface area contributed by atoms with Gasteiger partial charge in [-0.05, 0) is 50.8 Å². The molecule has 0 saturated carbocycles. The van der Waals surface area contributed by atoms with Gasteiger partial charge in [0.15, 0.2) is 0 Å². The van der Waals surface area contributed by atoms with E-state index in [4.69, 9.17) is 8.92 Å². The fraction of sp³-hybridized carbons (Fsp3) is 0.611. The Hall–Kier alpha value is -1.67. The Balaban J connectivity index is 2.16. The van der Waals surface area contributed by atoms with E-state index < -0.39 is 21.8 Å². The number of carbonyl (C=O) groups is 1. The van der Waals surface area contributed by atoms with Crippen LogP contribution in [0.1, 0.15) is 38.7 Å². The summed E-state index contributed by atoms with van der Waals surface area (Å²) in [6, 6.07) is 6.14. The van der Waals surface area contributed by atoms with E-state index in [0.717, 1.165) is 11.8 Å². The third-order valence-corrected chi connectivity index (χ3v) is 4.74. The summed E-state index contributed by atoms with van der Waals surface area (Å²) in [5.41, 5.74) is 0.293. The Morgan fingerprint density at radius 3 is 2.42 bits per heavy atom. The minimum absolute atomic E-state index is 0.0314. The van der Waals surface area contributed by atoms with Crippen LogP contribution in [0.25, 0.3) is 0 Å². The quantitative estimate of drug-likeness (QED) is 0.742. The third-order valence-electron chi connectivity index (χ3n) is 4.18. The minimum Gasteiger partial charge on any atom is -0.444 e. The molecule has 2 atom stereocenters. The van der Waals surface area contributed by atoms with E-state index in [2.05, 4.69) is 0 Å². The van der Waals surface area contributed by atoms with Crippen molar-refractivity contribution in [2.75, 3.05) is 26.0 Å². The van der Waals surface area contributed by atoms with Crippen molar-refractivity contribution in [1.29, 1.82) is 0 Å². The second-order valence-corrected chi connectivity index (χ2v) is 9.27. The van der Waals surface area contributed by atoms with Crippen LogP contribution >= 0.6 is 0 Å². The Kier molecular flexibility index (Phi) is 6.29. The van der Waals surface area contributed by atoms with Crippen molar-refractivity contribution in [3.05, 3.63) is 35.6 Å². The standard InChI is InChI=1S/C18H26FNO5S/c1-18(2,3)25-17(21)20-10-9-16(13-5-7-15(19)8-6-13)14(11-20)12-24-26(4,22)23/h5-8,14,16H,9-12H2,1-4H3/t14-,16+/m1/s1. The summed E-state index contributed by atoms with van der Waals surface area (Å²) in [6.07, 6.45) is 1.18. The van der Waals surface area contributed by atoms with Crippen molar-refractivity contribution in [3.63, 3.8) is 0 Å². The Morgan fingerprint density at radius 2 is 1.88 bits per heavy atom. The lowest BCUT2D eigenvalue weighted by atomic mass is 9.81. The second kappa shape index (κ2) is 7.92. The van der Waals surface area contributed by atoms with E-state index in [-0.39, 0.29) is 24.3 Å². The van der Waals surface area contributed by atoms with Gasteiger partial charge in [0.2, 0.25) is 0 Å². The number of hydrogen-bond acceptors (Lipinski definition) is 5. The van der Waals surface area contributed by atoms with E-state index in [1.54, 1.807) is 37.8 Å².